The molecule has 3 aromatic rings. The number of nitrogens with zero attached hydrogens (tertiary/aromatic N) is 1. The van der Waals surface area contributed by atoms with Gasteiger partial charge in [0, 0.05) is 11.3 Å². The summed E-state index contributed by atoms with van der Waals surface area (Å²) in [7, 11) is 0. The van der Waals surface area contributed by atoms with Crippen molar-refractivity contribution in [2.45, 2.75) is 6.18 Å². The fourth-order valence-corrected chi connectivity index (χ4v) is 3.17. The lowest BCUT2D eigenvalue weighted by Crippen LogP contribution is -2.03. The third-order valence-electron chi connectivity index (χ3n) is 2.94. The molecule has 0 radical (unpaired) electrons. The zero-order valence-electron chi connectivity index (χ0n) is 10.4. The summed E-state index contributed by atoms with van der Waals surface area (Å²) in [5.74, 6) is 0. The topological polar surface area (TPSA) is 38.9 Å². The highest BCUT2D eigenvalue weighted by atomic mass is 35.5. The van der Waals surface area contributed by atoms with Crippen LogP contribution in [0.25, 0.3) is 20.8 Å². The number of nitrogen functional groups attached to an aromatic ring is 1. The van der Waals surface area contributed by atoms with Crippen LogP contribution < -0.4 is 5.73 Å². The summed E-state index contributed by atoms with van der Waals surface area (Å²) in [6.45, 7) is 0. The molecule has 0 saturated carbocycles. The molecule has 0 amide bonds. The monoisotopic (exact) mass is 328 g/mol. The van der Waals surface area contributed by atoms with Crippen LogP contribution in [0, 0.1) is 0 Å². The van der Waals surface area contributed by atoms with Gasteiger partial charge in [-0.05, 0) is 36.4 Å². The maximum absolute atomic E-state index is 12.7. The van der Waals surface area contributed by atoms with E-state index in [1.54, 1.807) is 18.2 Å². The predicted octanol–water partition coefficient (Wildman–Crippen LogP) is 5.22. The number of aromatic nitrogens is 1. The van der Waals surface area contributed by atoms with Crippen molar-refractivity contribution in [1.29, 1.82) is 0 Å². The lowest BCUT2D eigenvalue weighted by molar-refractivity contribution is -0.137. The first kappa shape index (κ1) is 14.2. The molecule has 2 N–H and O–H groups in total. The molecule has 0 aliphatic carbocycles. The zero-order chi connectivity index (χ0) is 15.2. The van der Waals surface area contributed by atoms with E-state index in [1.165, 1.54) is 17.4 Å². The van der Waals surface area contributed by atoms with Gasteiger partial charge >= 0.3 is 6.18 Å². The molecule has 0 fully saturated rings. The van der Waals surface area contributed by atoms with E-state index in [9.17, 15) is 13.2 Å². The number of hydrogen-bond donors (Lipinski definition) is 1. The number of rotatable bonds is 1. The number of benzene rings is 2. The highest BCUT2D eigenvalue weighted by Crippen LogP contribution is 2.37. The second kappa shape index (κ2) is 4.89. The van der Waals surface area contributed by atoms with Crippen molar-refractivity contribution in [1.82, 2.24) is 4.98 Å². The highest BCUT2D eigenvalue weighted by Gasteiger charge is 2.30. The van der Waals surface area contributed by atoms with Gasteiger partial charge in [-0.2, -0.15) is 13.2 Å². The van der Waals surface area contributed by atoms with Crippen LogP contribution >= 0.6 is 22.9 Å². The summed E-state index contributed by atoms with van der Waals surface area (Å²) >= 11 is 7.37. The number of thiazole rings is 1. The normalized spacial score (nSPS) is 12.0. The second-order valence-electron chi connectivity index (χ2n) is 4.44. The Labute approximate surface area is 127 Å². The van der Waals surface area contributed by atoms with Crippen molar-refractivity contribution in [3.8, 4) is 10.6 Å². The van der Waals surface area contributed by atoms with Gasteiger partial charge < -0.3 is 5.73 Å². The van der Waals surface area contributed by atoms with Crippen molar-refractivity contribution in [2.75, 3.05) is 5.73 Å². The number of fused-ring (bicyclic) bond motifs is 1. The molecule has 0 saturated heterocycles. The van der Waals surface area contributed by atoms with E-state index in [4.69, 9.17) is 17.3 Å². The summed E-state index contributed by atoms with van der Waals surface area (Å²) in [4.78, 5) is 4.24. The van der Waals surface area contributed by atoms with Crippen LogP contribution in [0.2, 0.25) is 5.02 Å². The molecule has 2 nitrogen and oxygen atoms in total. The van der Waals surface area contributed by atoms with E-state index >= 15 is 0 Å². The van der Waals surface area contributed by atoms with Crippen molar-refractivity contribution in [2.24, 2.45) is 0 Å². The number of halogens is 4. The molecule has 108 valence electrons. The number of hydrogen-bond acceptors (Lipinski definition) is 3. The average Bonchev–Trinajstić information content (AvgIpc) is 2.83. The van der Waals surface area contributed by atoms with Crippen LogP contribution in [0.4, 0.5) is 18.9 Å². The Kier molecular flexibility index (Phi) is 3.30. The summed E-state index contributed by atoms with van der Waals surface area (Å²) in [5, 5.41) is 1.00. The molecule has 0 aliphatic heterocycles. The molecule has 1 heterocycles. The number of alkyl halides is 3. The molecule has 21 heavy (non-hydrogen) atoms. The minimum atomic E-state index is -4.38. The average molecular weight is 329 g/mol. The van der Waals surface area contributed by atoms with Gasteiger partial charge in [0.1, 0.15) is 5.01 Å². The van der Waals surface area contributed by atoms with E-state index in [0.29, 0.717) is 31.5 Å². The lowest BCUT2D eigenvalue weighted by atomic mass is 10.2. The fraction of sp³-hybridized carbons (Fsp3) is 0.0714. The van der Waals surface area contributed by atoms with E-state index < -0.39 is 11.7 Å². The minimum absolute atomic E-state index is 0.295. The van der Waals surface area contributed by atoms with E-state index in [0.717, 1.165) is 12.1 Å². The third kappa shape index (κ3) is 2.69. The van der Waals surface area contributed by atoms with Gasteiger partial charge in [0.15, 0.2) is 0 Å². The van der Waals surface area contributed by atoms with Crippen LogP contribution in [0.1, 0.15) is 5.56 Å². The largest absolute Gasteiger partial charge is 0.416 e. The van der Waals surface area contributed by atoms with Crippen LogP contribution in [0.15, 0.2) is 36.4 Å². The van der Waals surface area contributed by atoms with E-state index in [-0.39, 0.29) is 0 Å². The molecule has 0 atom stereocenters. The van der Waals surface area contributed by atoms with E-state index in [2.05, 4.69) is 4.98 Å². The van der Waals surface area contributed by atoms with E-state index in [1.807, 2.05) is 0 Å². The lowest BCUT2D eigenvalue weighted by Gasteiger charge is -2.04. The van der Waals surface area contributed by atoms with Gasteiger partial charge in [0.2, 0.25) is 0 Å². The Hall–Kier alpha value is -1.79. The standard InChI is InChI=1S/C14H8ClF3N2S/c15-10-3-2-8(19)6-9(10)13-20-11-5-7(14(16,17)18)1-4-12(11)21-13/h1-6H,19H2. The maximum Gasteiger partial charge on any atom is 0.416 e. The van der Waals surface area contributed by atoms with Crippen molar-refractivity contribution < 1.29 is 13.2 Å². The molecule has 0 bridgehead atoms. The van der Waals surface area contributed by atoms with Gasteiger partial charge in [0.25, 0.3) is 0 Å². The van der Waals surface area contributed by atoms with Crippen LogP contribution in [0.5, 0.6) is 0 Å². The Morgan fingerprint density at radius 3 is 2.57 bits per heavy atom. The van der Waals surface area contributed by atoms with Crippen LogP contribution in [-0.2, 0) is 6.18 Å². The van der Waals surface area contributed by atoms with Gasteiger partial charge in [-0.25, -0.2) is 4.98 Å². The molecule has 1 aromatic heterocycles. The Morgan fingerprint density at radius 2 is 1.86 bits per heavy atom. The summed E-state index contributed by atoms with van der Waals surface area (Å²) in [5.41, 5.74) is 6.42. The Bertz CT molecular complexity index is 827. The highest BCUT2D eigenvalue weighted by molar-refractivity contribution is 7.21. The molecular formula is C14H8ClF3N2S. The predicted molar refractivity (Wildman–Crippen MR) is 79.5 cm³/mol. The fourth-order valence-electron chi connectivity index (χ4n) is 1.93. The number of anilines is 1. The summed E-state index contributed by atoms with van der Waals surface area (Å²) in [6, 6.07) is 8.45. The second-order valence-corrected chi connectivity index (χ2v) is 5.88. The zero-order valence-corrected chi connectivity index (χ0v) is 12.0. The quantitative estimate of drug-likeness (QED) is 0.622. The Morgan fingerprint density at radius 1 is 1.10 bits per heavy atom. The van der Waals surface area contributed by atoms with Crippen LogP contribution in [-0.4, -0.2) is 4.98 Å². The molecule has 2 aromatic carbocycles. The maximum atomic E-state index is 12.7. The van der Waals surface area contributed by atoms with Gasteiger partial charge in [-0.1, -0.05) is 11.6 Å². The molecule has 7 heteroatoms. The van der Waals surface area contributed by atoms with Gasteiger partial charge in [-0.3, -0.25) is 0 Å². The van der Waals surface area contributed by atoms with Gasteiger partial charge in [-0.15, -0.1) is 11.3 Å². The Balaban J connectivity index is 2.15. The summed E-state index contributed by atoms with van der Waals surface area (Å²) in [6.07, 6.45) is -4.38. The molecule has 3 rings (SSSR count). The first-order chi connectivity index (χ1) is 9.84. The SMILES string of the molecule is Nc1ccc(Cl)c(-c2nc3cc(C(F)(F)F)ccc3s2)c1. The molecular weight excluding hydrogens is 321 g/mol. The van der Waals surface area contributed by atoms with Crippen molar-refractivity contribution >= 4 is 38.8 Å². The number of nitrogens with two attached hydrogens (primary N) is 1. The smallest absolute Gasteiger partial charge is 0.399 e. The first-order valence-electron chi connectivity index (χ1n) is 5.88. The molecule has 0 aliphatic rings. The van der Waals surface area contributed by atoms with Gasteiger partial charge in [0.05, 0.1) is 20.8 Å². The molecule has 0 spiro atoms. The first-order valence-corrected chi connectivity index (χ1v) is 7.07. The third-order valence-corrected chi connectivity index (χ3v) is 4.33. The van der Waals surface area contributed by atoms with Crippen molar-refractivity contribution in [3.63, 3.8) is 0 Å². The minimum Gasteiger partial charge on any atom is -0.399 e. The van der Waals surface area contributed by atoms with Crippen molar-refractivity contribution in [3.05, 3.63) is 47.0 Å². The summed E-state index contributed by atoms with van der Waals surface area (Å²) < 4.78 is 38.8. The molecule has 0 unspecified atom stereocenters. The van der Waals surface area contributed by atoms with Crippen LogP contribution in [0.3, 0.4) is 0 Å².